The molecule has 0 aliphatic carbocycles. The SMILES string of the molecule is CC.CCCO.CN(C)C.COc1ccc(C(=O)/C(Cc2ccccc2)=C(\C(=O)O)c2ccc3c(c2)OCO3)cc1. The summed E-state index contributed by atoms with van der Waals surface area (Å²) in [7, 11) is 7.54. The van der Waals surface area contributed by atoms with Gasteiger partial charge in [0, 0.05) is 24.2 Å². The number of nitrogens with zero attached hydrogens (tertiary/aromatic N) is 1. The highest BCUT2D eigenvalue weighted by Crippen LogP contribution is 2.36. The van der Waals surface area contributed by atoms with E-state index in [0.717, 1.165) is 12.0 Å². The number of ether oxygens (including phenoxy) is 3. The van der Waals surface area contributed by atoms with Crippen LogP contribution in [0.15, 0.2) is 78.4 Å². The third kappa shape index (κ3) is 11.5. The van der Waals surface area contributed by atoms with E-state index in [0.29, 0.717) is 35.0 Å². The average molecular weight is 566 g/mol. The fourth-order valence-corrected chi connectivity index (χ4v) is 3.48. The van der Waals surface area contributed by atoms with Gasteiger partial charge in [-0.3, -0.25) is 4.79 Å². The van der Waals surface area contributed by atoms with Crippen molar-refractivity contribution in [2.75, 3.05) is 41.7 Å². The lowest BCUT2D eigenvalue weighted by molar-refractivity contribution is -0.130. The van der Waals surface area contributed by atoms with Gasteiger partial charge in [-0.15, -0.1) is 0 Å². The predicted octanol–water partition coefficient (Wildman–Crippen LogP) is 5.98. The highest BCUT2D eigenvalue weighted by atomic mass is 16.7. The summed E-state index contributed by atoms with van der Waals surface area (Å²) in [6, 6.07) is 20.8. The zero-order valence-electron chi connectivity index (χ0n) is 25.1. The maximum Gasteiger partial charge on any atom is 0.336 e. The van der Waals surface area contributed by atoms with Crippen LogP contribution in [0.25, 0.3) is 5.57 Å². The molecule has 1 heterocycles. The molecule has 41 heavy (non-hydrogen) atoms. The average Bonchev–Trinajstić information content (AvgIpc) is 3.46. The molecular formula is C33H43NO7. The molecule has 8 heteroatoms. The largest absolute Gasteiger partial charge is 0.497 e. The number of hydrogen-bond acceptors (Lipinski definition) is 7. The number of carbonyl (C=O) groups excluding carboxylic acids is 1. The zero-order valence-corrected chi connectivity index (χ0v) is 25.1. The van der Waals surface area contributed by atoms with Crippen molar-refractivity contribution in [3.8, 4) is 17.2 Å². The molecule has 1 aliphatic rings. The second-order valence-electron chi connectivity index (χ2n) is 9.01. The molecule has 2 N–H and O–H groups in total. The number of hydrogen-bond donors (Lipinski definition) is 2. The number of benzene rings is 3. The van der Waals surface area contributed by atoms with Gasteiger partial charge in [-0.05, 0) is 75.1 Å². The molecule has 0 saturated carbocycles. The van der Waals surface area contributed by atoms with Crippen molar-refractivity contribution in [2.45, 2.75) is 33.6 Å². The molecule has 0 bridgehead atoms. The van der Waals surface area contributed by atoms with Crippen LogP contribution in [0.5, 0.6) is 17.2 Å². The van der Waals surface area contributed by atoms with E-state index in [-0.39, 0.29) is 30.1 Å². The van der Waals surface area contributed by atoms with Crippen LogP contribution in [0.3, 0.4) is 0 Å². The minimum atomic E-state index is -1.19. The molecule has 0 amide bonds. The molecule has 0 radical (unpaired) electrons. The number of methoxy groups -OCH3 is 1. The summed E-state index contributed by atoms with van der Waals surface area (Å²) in [6.07, 6.45) is 1.04. The molecule has 0 unspecified atom stereocenters. The van der Waals surface area contributed by atoms with Crippen LogP contribution in [-0.4, -0.2) is 68.5 Å². The number of aliphatic carboxylic acids is 1. The number of Topliss-reactive ketones (excluding diaryl/α,β-unsaturated/α-hetero) is 1. The quantitative estimate of drug-likeness (QED) is 0.254. The summed E-state index contributed by atoms with van der Waals surface area (Å²) < 4.78 is 15.9. The molecule has 0 fully saturated rings. The Morgan fingerprint density at radius 2 is 1.41 bits per heavy atom. The Bertz CT molecular complexity index is 1230. The van der Waals surface area contributed by atoms with Crippen LogP contribution in [-0.2, 0) is 11.2 Å². The van der Waals surface area contributed by atoms with Crippen LogP contribution in [0, 0.1) is 0 Å². The van der Waals surface area contributed by atoms with Gasteiger partial charge < -0.3 is 29.3 Å². The summed E-state index contributed by atoms with van der Waals surface area (Å²) >= 11 is 0. The van der Waals surface area contributed by atoms with Crippen molar-refractivity contribution in [3.05, 3.63) is 95.1 Å². The summed E-state index contributed by atoms with van der Waals surface area (Å²) in [5.74, 6) is 0.0550. The Hall–Kier alpha value is -4.14. The molecule has 0 aromatic heterocycles. The van der Waals surface area contributed by atoms with Gasteiger partial charge >= 0.3 is 5.97 Å². The number of aliphatic hydroxyl groups excluding tert-OH is 1. The van der Waals surface area contributed by atoms with Gasteiger partial charge in [0.1, 0.15) is 5.75 Å². The molecule has 8 nitrogen and oxygen atoms in total. The lowest BCUT2D eigenvalue weighted by Crippen LogP contribution is -2.14. The van der Waals surface area contributed by atoms with Gasteiger partial charge in [-0.1, -0.05) is 57.2 Å². The Kier molecular flexibility index (Phi) is 16.2. The second kappa shape index (κ2) is 19.0. The van der Waals surface area contributed by atoms with Crippen molar-refractivity contribution in [2.24, 2.45) is 0 Å². The third-order valence-corrected chi connectivity index (χ3v) is 5.25. The van der Waals surface area contributed by atoms with Crippen molar-refractivity contribution in [1.29, 1.82) is 0 Å². The van der Waals surface area contributed by atoms with Gasteiger partial charge in [-0.25, -0.2) is 4.79 Å². The summed E-state index contributed by atoms with van der Waals surface area (Å²) in [6.45, 7) is 6.33. The number of ketones is 1. The summed E-state index contributed by atoms with van der Waals surface area (Å²) in [5.41, 5.74) is 1.71. The lowest BCUT2D eigenvalue weighted by Gasteiger charge is -2.14. The second-order valence-corrected chi connectivity index (χ2v) is 9.01. The predicted molar refractivity (Wildman–Crippen MR) is 163 cm³/mol. The number of carbonyl (C=O) groups is 2. The molecule has 0 spiro atoms. The number of carboxylic acid groups (broad SMARTS) is 1. The van der Waals surface area contributed by atoms with E-state index in [2.05, 4.69) is 0 Å². The van der Waals surface area contributed by atoms with Gasteiger partial charge in [0.25, 0.3) is 0 Å². The molecular weight excluding hydrogens is 522 g/mol. The molecule has 3 aromatic rings. The van der Waals surface area contributed by atoms with E-state index < -0.39 is 5.97 Å². The molecule has 222 valence electrons. The van der Waals surface area contributed by atoms with E-state index in [1.165, 1.54) is 0 Å². The van der Waals surface area contributed by atoms with Crippen LogP contribution < -0.4 is 14.2 Å². The maximum absolute atomic E-state index is 13.5. The van der Waals surface area contributed by atoms with Crippen molar-refractivity contribution < 1.29 is 34.0 Å². The standard InChI is InChI=1S/C25H20O6.C3H9N.C3H8O.C2H6/c1-29-19-10-7-17(8-11-19)24(26)20(13-16-5-3-2-4-6-16)23(25(27)28)18-9-12-21-22(14-18)31-15-30-21;1-4(2)3;1-2-3-4;1-2/h2-12,14H,13,15H2,1H3,(H,27,28);1-3H3;4H,2-3H2,1H3;1-2H3/b23-20-;;;. The Balaban J connectivity index is 0.000000735. The molecule has 4 rings (SSSR count). The first-order valence-electron chi connectivity index (χ1n) is 13.5. The van der Waals surface area contributed by atoms with Crippen LogP contribution in [0.2, 0.25) is 0 Å². The first-order valence-corrected chi connectivity index (χ1v) is 13.5. The van der Waals surface area contributed by atoms with Crippen LogP contribution in [0.1, 0.15) is 48.7 Å². The van der Waals surface area contributed by atoms with Gasteiger partial charge in [0.2, 0.25) is 6.79 Å². The minimum Gasteiger partial charge on any atom is -0.497 e. The number of fused-ring (bicyclic) bond motifs is 1. The lowest BCUT2D eigenvalue weighted by atomic mass is 9.89. The molecule has 0 saturated heterocycles. The summed E-state index contributed by atoms with van der Waals surface area (Å²) in [4.78, 5) is 27.8. The van der Waals surface area contributed by atoms with E-state index in [1.54, 1.807) is 49.6 Å². The molecule has 1 aliphatic heterocycles. The topological polar surface area (TPSA) is 106 Å². The smallest absolute Gasteiger partial charge is 0.336 e. The highest BCUT2D eigenvalue weighted by Gasteiger charge is 2.25. The normalized spacial score (nSPS) is 11.4. The monoisotopic (exact) mass is 565 g/mol. The fourth-order valence-electron chi connectivity index (χ4n) is 3.48. The van der Waals surface area contributed by atoms with Gasteiger partial charge in [-0.2, -0.15) is 0 Å². The number of aliphatic hydroxyl groups is 1. The Morgan fingerprint density at radius 1 is 0.878 bits per heavy atom. The maximum atomic E-state index is 13.5. The van der Waals surface area contributed by atoms with Crippen molar-refractivity contribution >= 4 is 17.3 Å². The van der Waals surface area contributed by atoms with Gasteiger partial charge in [0.05, 0.1) is 12.7 Å². The first-order chi connectivity index (χ1) is 19.7. The number of carboxylic acids is 1. The molecule has 0 atom stereocenters. The number of rotatable bonds is 8. The van der Waals surface area contributed by atoms with E-state index >= 15 is 0 Å². The van der Waals surface area contributed by atoms with Crippen LogP contribution in [0.4, 0.5) is 0 Å². The van der Waals surface area contributed by atoms with Crippen molar-refractivity contribution in [1.82, 2.24) is 4.90 Å². The molecule has 3 aromatic carbocycles. The van der Waals surface area contributed by atoms with Crippen LogP contribution >= 0.6 is 0 Å². The zero-order chi connectivity index (χ0) is 30.8. The van der Waals surface area contributed by atoms with E-state index in [1.807, 2.05) is 77.1 Å². The Labute approximate surface area is 243 Å². The van der Waals surface area contributed by atoms with E-state index in [4.69, 9.17) is 19.3 Å². The number of allylic oxidation sites excluding steroid dienone is 1. The highest BCUT2D eigenvalue weighted by molar-refractivity contribution is 6.26. The van der Waals surface area contributed by atoms with E-state index in [9.17, 15) is 14.7 Å². The van der Waals surface area contributed by atoms with Crippen molar-refractivity contribution in [3.63, 3.8) is 0 Å². The third-order valence-electron chi connectivity index (χ3n) is 5.25. The Morgan fingerprint density at radius 3 is 1.93 bits per heavy atom. The minimum absolute atomic E-state index is 0.0667. The first kappa shape index (κ1) is 34.9. The fraction of sp³-hybridized carbons (Fsp3) is 0.333. The van der Waals surface area contributed by atoms with Gasteiger partial charge in [0.15, 0.2) is 17.3 Å². The summed E-state index contributed by atoms with van der Waals surface area (Å²) in [5, 5.41) is 18.0.